The highest BCUT2D eigenvalue weighted by atomic mass is 16.5. The van der Waals surface area contributed by atoms with Gasteiger partial charge in [-0.2, -0.15) is 0 Å². The van der Waals surface area contributed by atoms with Crippen LogP contribution in [0.25, 0.3) is 0 Å². The minimum absolute atomic E-state index is 0.0181. The zero-order valence-corrected chi connectivity index (χ0v) is 22.9. The number of rotatable bonds is 7. The van der Waals surface area contributed by atoms with Gasteiger partial charge >= 0.3 is 5.97 Å². The van der Waals surface area contributed by atoms with Crippen LogP contribution in [-0.2, 0) is 9.53 Å². The first-order valence-corrected chi connectivity index (χ1v) is 14.3. The van der Waals surface area contributed by atoms with Crippen molar-refractivity contribution in [1.82, 2.24) is 0 Å². The Balaban J connectivity index is 1.65. The van der Waals surface area contributed by atoms with Gasteiger partial charge in [-0.05, 0) is 73.5 Å². The summed E-state index contributed by atoms with van der Waals surface area (Å²) in [5.41, 5.74) is 0.432. The summed E-state index contributed by atoms with van der Waals surface area (Å²) in [4.78, 5) is 12.0. The summed E-state index contributed by atoms with van der Waals surface area (Å²) in [6, 6.07) is 0. The highest BCUT2D eigenvalue weighted by Gasteiger charge is 2.65. The van der Waals surface area contributed by atoms with Crippen molar-refractivity contribution in [3.8, 4) is 0 Å². The predicted octanol–water partition coefficient (Wildman–Crippen LogP) is 5.12. The average molecular weight is 491 g/mol. The highest BCUT2D eigenvalue weighted by molar-refractivity contribution is 5.66. The maximum Gasteiger partial charge on any atom is 0.302 e. The molecule has 0 bridgehead atoms. The van der Waals surface area contributed by atoms with Crippen LogP contribution in [0.5, 0.6) is 0 Å². The summed E-state index contributed by atoms with van der Waals surface area (Å²) in [6.45, 7) is 13.3. The number of esters is 1. The van der Waals surface area contributed by atoms with Crippen molar-refractivity contribution in [1.29, 1.82) is 0 Å². The van der Waals surface area contributed by atoms with E-state index in [0.717, 1.165) is 24.8 Å². The Labute approximate surface area is 212 Å². The van der Waals surface area contributed by atoms with E-state index in [-0.39, 0.29) is 23.2 Å². The standard InChI is InChI=1S/C30H50O5/c1-17(2)18(3)7-8-19(4)24-11-12-25-23-10-9-21-13-22(32)14-27(34)29(21,6)28(23)26(33)15-30(24,25)16-35-20(5)31/h9,17-19,22-28,32-34H,7-8,10-16H2,1-6H3/t18-,19-,22-,23+,24-,25+,26-,27+,28-,29-,30+/m1/s1. The summed E-state index contributed by atoms with van der Waals surface area (Å²) in [6.07, 6.45) is 7.65. The van der Waals surface area contributed by atoms with Gasteiger partial charge in [0.15, 0.2) is 0 Å². The van der Waals surface area contributed by atoms with E-state index in [1.54, 1.807) is 0 Å². The van der Waals surface area contributed by atoms with Gasteiger partial charge in [0.2, 0.25) is 0 Å². The fraction of sp³-hybridized carbons (Fsp3) is 0.900. The van der Waals surface area contributed by atoms with Gasteiger partial charge < -0.3 is 20.1 Å². The lowest BCUT2D eigenvalue weighted by Crippen LogP contribution is -2.61. The molecule has 4 aliphatic carbocycles. The quantitative estimate of drug-likeness (QED) is 0.341. The molecule has 200 valence electrons. The first-order chi connectivity index (χ1) is 16.4. The molecule has 0 heterocycles. The van der Waals surface area contributed by atoms with Crippen LogP contribution in [0, 0.1) is 52.3 Å². The van der Waals surface area contributed by atoms with Crippen molar-refractivity contribution in [2.75, 3.05) is 6.61 Å². The van der Waals surface area contributed by atoms with E-state index in [1.807, 2.05) is 0 Å². The van der Waals surface area contributed by atoms with E-state index in [1.165, 1.54) is 19.8 Å². The third-order valence-electron chi connectivity index (χ3n) is 11.4. The molecule has 0 aromatic rings. The first kappa shape index (κ1) is 27.1. The Morgan fingerprint density at radius 2 is 1.86 bits per heavy atom. The van der Waals surface area contributed by atoms with Gasteiger partial charge in [-0.15, -0.1) is 0 Å². The second-order valence-corrected chi connectivity index (χ2v) is 13.4. The fourth-order valence-corrected chi connectivity index (χ4v) is 9.07. The molecule has 35 heavy (non-hydrogen) atoms. The monoisotopic (exact) mass is 490 g/mol. The number of hydrogen-bond donors (Lipinski definition) is 3. The van der Waals surface area contributed by atoms with Crippen molar-refractivity contribution in [2.24, 2.45) is 52.3 Å². The van der Waals surface area contributed by atoms with Crippen molar-refractivity contribution >= 4 is 5.97 Å². The molecule has 3 fully saturated rings. The van der Waals surface area contributed by atoms with E-state index < -0.39 is 23.7 Å². The molecule has 4 rings (SSSR count). The molecular weight excluding hydrogens is 440 g/mol. The first-order valence-electron chi connectivity index (χ1n) is 14.3. The van der Waals surface area contributed by atoms with Crippen LogP contribution >= 0.6 is 0 Å². The maximum absolute atomic E-state index is 12.0. The minimum Gasteiger partial charge on any atom is -0.465 e. The summed E-state index contributed by atoms with van der Waals surface area (Å²) in [5.74, 6) is 2.69. The normalized spacial score (nSPS) is 44.6. The summed E-state index contributed by atoms with van der Waals surface area (Å²) in [7, 11) is 0. The number of fused-ring (bicyclic) bond motifs is 5. The molecule has 5 heteroatoms. The van der Waals surface area contributed by atoms with Crippen LogP contribution in [0.3, 0.4) is 0 Å². The van der Waals surface area contributed by atoms with E-state index >= 15 is 0 Å². The smallest absolute Gasteiger partial charge is 0.302 e. The number of aliphatic hydroxyl groups excluding tert-OH is 3. The number of carbonyl (C=O) groups is 1. The Kier molecular flexibility index (Phi) is 7.83. The van der Waals surface area contributed by atoms with E-state index in [9.17, 15) is 20.1 Å². The van der Waals surface area contributed by atoms with Crippen molar-refractivity contribution in [3.63, 3.8) is 0 Å². The van der Waals surface area contributed by atoms with Crippen LogP contribution in [0.1, 0.15) is 92.9 Å². The largest absolute Gasteiger partial charge is 0.465 e. The van der Waals surface area contributed by atoms with Crippen LogP contribution < -0.4 is 0 Å². The van der Waals surface area contributed by atoms with Gasteiger partial charge in [-0.1, -0.05) is 59.1 Å². The molecule has 11 atom stereocenters. The SMILES string of the molecule is CC(=O)OC[C@]12C[C@@H](O)[C@H]3[C@@H](CC=C4C[C@@H](O)C[C@H](O)[C@@]43C)[C@@H]1CC[C@@H]2[C@H](C)CC[C@@H](C)C(C)C. The number of hydrogen-bond acceptors (Lipinski definition) is 5. The van der Waals surface area contributed by atoms with Crippen molar-refractivity contribution in [2.45, 2.75) is 111 Å². The molecule has 0 aromatic heterocycles. The predicted molar refractivity (Wildman–Crippen MR) is 137 cm³/mol. The van der Waals surface area contributed by atoms with E-state index in [0.29, 0.717) is 55.5 Å². The zero-order valence-electron chi connectivity index (χ0n) is 22.9. The molecule has 0 aromatic carbocycles. The van der Waals surface area contributed by atoms with Gasteiger partial charge in [0.25, 0.3) is 0 Å². The molecule has 0 aliphatic heterocycles. The molecule has 0 spiro atoms. The topological polar surface area (TPSA) is 87.0 Å². The molecule has 0 saturated heterocycles. The summed E-state index contributed by atoms with van der Waals surface area (Å²) >= 11 is 0. The lowest BCUT2D eigenvalue weighted by atomic mass is 9.45. The minimum atomic E-state index is -0.644. The van der Waals surface area contributed by atoms with Crippen molar-refractivity contribution in [3.05, 3.63) is 11.6 Å². The van der Waals surface area contributed by atoms with Crippen molar-refractivity contribution < 1.29 is 24.9 Å². The Bertz CT molecular complexity index is 807. The Morgan fingerprint density at radius 3 is 2.51 bits per heavy atom. The van der Waals surface area contributed by atoms with E-state index in [4.69, 9.17) is 4.74 Å². The highest BCUT2D eigenvalue weighted by Crippen LogP contribution is 2.67. The summed E-state index contributed by atoms with van der Waals surface area (Å²) in [5, 5.41) is 33.3. The Morgan fingerprint density at radius 1 is 1.14 bits per heavy atom. The lowest BCUT2D eigenvalue weighted by molar-refractivity contribution is -0.182. The maximum atomic E-state index is 12.0. The van der Waals surface area contributed by atoms with Crippen LogP contribution in [0.4, 0.5) is 0 Å². The molecule has 4 aliphatic rings. The van der Waals surface area contributed by atoms with Gasteiger partial charge in [0.1, 0.15) is 0 Å². The number of allylic oxidation sites excluding steroid dienone is 1. The van der Waals surface area contributed by atoms with Gasteiger partial charge in [-0.25, -0.2) is 0 Å². The second kappa shape index (κ2) is 10.1. The number of carbonyl (C=O) groups excluding carboxylic acids is 1. The van der Waals surface area contributed by atoms with Crippen LogP contribution in [-0.4, -0.2) is 46.2 Å². The molecule has 3 N–H and O–H groups in total. The van der Waals surface area contributed by atoms with Gasteiger partial charge in [0, 0.05) is 24.2 Å². The lowest BCUT2D eigenvalue weighted by Gasteiger charge is -2.61. The molecule has 5 nitrogen and oxygen atoms in total. The second-order valence-electron chi connectivity index (χ2n) is 13.4. The van der Waals surface area contributed by atoms with E-state index in [2.05, 4.69) is 40.7 Å². The molecular formula is C30H50O5. The fourth-order valence-electron chi connectivity index (χ4n) is 9.07. The van der Waals surface area contributed by atoms with Gasteiger partial charge in [-0.3, -0.25) is 4.79 Å². The number of ether oxygens (including phenoxy) is 1. The third-order valence-corrected chi connectivity index (χ3v) is 11.4. The average Bonchev–Trinajstić information content (AvgIpc) is 3.16. The molecule has 3 saturated carbocycles. The van der Waals surface area contributed by atoms with Crippen LogP contribution in [0.15, 0.2) is 11.6 Å². The van der Waals surface area contributed by atoms with Gasteiger partial charge in [0.05, 0.1) is 24.9 Å². The summed E-state index contributed by atoms with van der Waals surface area (Å²) < 4.78 is 5.78. The molecule has 0 radical (unpaired) electrons. The molecule has 0 unspecified atom stereocenters. The zero-order chi connectivity index (χ0) is 25.7. The number of aliphatic hydroxyl groups is 3. The third kappa shape index (κ3) is 4.63. The molecule has 0 amide bonds. The van der Waals surface area contributed by atoms with Crippen LogP contribution in [0.2, 0.25) is 0 Å². The Hall–Kier alpha value is -0.910.